The molecule has 0 aromatic heterocycles. The molecule has 0 heterocycles. The monoisotopic (exact) mass is 220 g/mol. The maximum Gasteiger partial charge on any atom is 0.335 e. The summed E-state index contributed by atoms with van der Waals surface area (Å²) in [5, 5.41) is 8.79. The Balaban J connectivity index is 2.68. The minimum Gasteiger partial charge on any atom is -0.478 e. The minimum atomic E-state index is -0.997. The molecule has 1 rings (SSSR count). The zero-order valence-corrected chi connectivity index (χ0v) is 9.40. The lowest BCUT2D eigenvalue weighted by Gasteiger charge is -2.01. The van der Waals surface area contributed by atoms with E-state index in [-0.39, 0.29) is 11.3 Å². The molecule has 0 saturated carbocycles. The summed E-state index contributed by atoms with van der Waals surface area (Å²) in [5.41, 5.74) is 0.664. The van der Waals surface area contributed by atoms with E-state index < -0.39 is 5.97 Å². The smallest absolute Gasteiger partial charge is 0.335 e. The number of hydrogen-bond donors (Lipinski definition) is 1. The Bertz CT molecular complexity index is 383. The van der Waals surface area contributed by atoms with Crippen LogP contribution in [-0.4, -0.2) is 16.9 Å². The Morgan fingerprint density at radius 1 is 1.19 bits per heavy atom. The van der Waals surface area contributed by atoms with Gasteiger partial charge in [0.25, 0.3) is 0 Å². The first kappa shape index (κ1) is 12.4. The summed E-state index contributed by atoms with van der Waals surface area (Å²) < 4.78 is 0. The van der Waals surface area contributed by atoms with Gasteiger partial charge in [-0.15, -0.1) is 0 Å². The number of carboxylic acid groups (broad SMARTS) is 1. The first-order valence-electron chi connectivity index (χ1n) is 5.51. The van der Waals surface area contributed by atoms with Crippen LogP contribution in [-0.2, 0) is 0 Å². The molecule has 0 aliphatic heterocycles. The predicted octanol–water partition coefficient (Wildman–Crippen LogP) is 3.15. The average Bonchev–Trinajstić information content (AvgIpc) is 2.29. The number of carboxylic acids is 1. The fourth-order valence-corrected chi connectivity index (χ4v) is 1.51. The van der Waals surface area contributed by atoms with Crippen molar-refractivity contribution in [3.63, 3.8) is 0 Å². The summed E-state index contributed by atoms with van der Waals surface area (Å²) in [6.07, 6.45) is 3.47. The van der Waals surface area contributed by atoms with Crippen LogP contribution in [0.15, 0.2) is 24.3 Å². The van der Waals surface area contributed by atoms with Gasteiger partial charge in [0.1, 0.15) is 0 Å². The molecule has 3 heteroatoms. The molecule has 1 aromatic carbocycles. The molecule has 86 valence electrons. The fourth-order valence-electron chi connectivity index (χ4n) is 1.51. The molecule has 0 fully saturated rings. The molecule has 1 aromatic rings. The number of benzene rings is 1. The van der Waals surface area contributed by atoms with Gasteiger partial charge >= 0.3 is 5.97 Å². The van der Waals surface area contributed by atoms with Gasteiger partial charge in [-0.25, -0.2) is 4.79 Å². The van der Waals surface area contributed by atoms with Gasteiger partial charge in [0.15, 0.2) is 5.78 Å². The quantitative estimate of drug-likeness (QED) is 0.591. The first-order chi connectivity index (χ1) is 7.65. The second-order valence-corrected chi connectivity index (χ2v) is 3.77. The van der Waals surface area contributed by atoms with Crippen LogP contribution in [0.1, 0.15) is 53.3 Å². The Morgan fingerprint density at radius 3 is 2.50 bits per heavy atom. The van der Waals surface area contributed by atoms with Crippen LogP contribution in [0.3, 0.4) is 0 Å². The molecule has 0 unspecified atom stereocenters. The van der Waals surface area contributed by atoms with Crippen molar-refractivity contribution < 1.29 is 14.7 Å². The molecule has 0 saturated heterocycles. The van der Waals surface area contributed by atoms with Crippen molar-refractivity contribution in [2.45, 2.75) is 32.6 Å². The van der Waals surface area contributed by atoms with Gasteiger partial charge in [-0.05, 0) is 18.6 Å². The maximum atomic E-state index is 11.7. The number of hydrogen-bond acceptors (Lipinski definition) is 2. The highest BCUT2D eigenvalue weighted by Gasteiger charge is 2.08. The maximum absolute atomic E-state index is 11.7. The van der Waals surface area contributed by atoms with Crippen molar-refractivity contribution in [2.24, 2.45) is 0 Å². The van der Waals surface area contributed by atoms with Crippen molar-refractivity contribution in [3.8, 4) is 0 Å². The zero-order valence-electron chi connectivity index (χ0n) is 9.40. The third-order valence-electron chi connectivity index (χ3n) is 2.44. The summed E-state index contributed by atoms with van der Waals surface area (Å²) >= 11 is 0. The number of Topliss-reactive ketones (excluding diaryl/α,β-unsaturated/α-hetero) is 1. The summed E-state index contributed by atoms with van der Waals surface area (Å²) in [5.74, 6) is -0.972. The van der Waals surface area contributed by atoms with Gasteiger partial charge in [0.05, 0.1) is 5.56 Å². The standard InChI is InChI=1S/C13H16O3/c1-2-3-4-8-12(14)10-6-5-7-11(9-10)13(15)16/h5-7,9H,2-4,8H2,1H3,(H,15,16). The van der Waals surface area contributed by atoms with Crippen LogP contribution in [0.4, 0.5) is 0 Å². The van der Waals surface area contributed by atoms with E-state index in [4.69, 9.17) is 5.11 Å². The number of unbranched alkanes of at least 4 members (excludes halogenated alkanes) is 2. The topological polar surface area (TPSA) is 54.4 Å². The van der Waals surface area contributed by atoms with Crippen LogP contribution in [0.25, 0.3) is 0 Å². The van der Waals surface area contributed by atoms with Gasteiger partial charge in [0.2, 0.25) is 0 Å². The van der Waals surface area contributed by atoms with Crippen LogP contribution in [0.5, 0.6) is 0 Å². The number of rotatable bonds is 6. The Kier molecular flexibility index (Phi) is 4.70. The van der Waals surface area contributed by atoms with E-state index in [9.17, 15) is 9.59 Å². The molecular weight excluding hydrogens is 204 g/mol. The van der Waals surface area contributed by atoms with Gasteiger partial charge in [-0.3, -0.25) is 4.79 Å². The molecule has 0 atom stereocenters. The largest absolute Gasteiger partial charge is 0.478 e. The van der Waals surface area contributed by atoms with E-state index in [2.05, 4.69) is 6.92 Å². The highest BCUT2D eigenvalue weighted by atomic mass is 16.4. The van der Waals surface area contributed by atoms with Crippen molar-refractivity contribution in [2.75, 3.05) is 0 Å². The number of carbonyl (C=O) groups excluding carboxylic acids is 1. The van der Waals surface area contributed by atoms with Crippen LogP contribution in [0.2, 0.25) is 0 Å². The van der Waals surface area contributed by atoms with Crippen molar-refractivity contribution in [3.05, 3.63) is 35.4 Å². The van der Waals surface area contributed by atoms with E-state index in [1.165, 1.54) is 12.1 Å². The van der Waals surface area contributed by atoms with E-state index in [0.29, 0.717) is 12.0 Å². The van der Waals surface area contributed by atoms with E-state index in [1.807, 2.05) is 0 Å². The van der Waals surface area contributed by atoms with Crippen LogP contribution >= 0.6 is 0 Å². The Labute approximate surface area is 95.1 Å². The van der Waals surface area contributed by atoms with Gasteiger partial charge in [0, 0.05) is 12.0 Å². The van der Waals surface area contributed by atoms with Gasteiger partial charge in [-0.2, -0.15) is 0 Å². The second-order valence-electron chi connectivity index (χ2n) is 3.77. The highest BCUT2D eigenvalue weighted by molar-refractivity contribution is 5.98. The van der Waals surface area contributed by atoms with Crippen molar-refractivity contribution in [1.82, 2.24) is 0 Å². The van der Waals surface area contributed by atoms with Crippen LogP contribution < -0.4 is 0 Å². The lowest BCUT2D eigenvalue weighted by Crippen LogP contribution is -2.02. The lowest BCUT2D eigenvalue weighted by molar-refractivity contribution is 0.0697. The zero-order chi connectivity index (χ0) is 12.0. The van der Waals surface area contributed by atoms with Crippen LogP contribution in [0, 0.1) is 0 Å². The summed E-state index contributed by atoms with van der Waals surface area (Å²) in [6, 6.07) is 6.21. The molecule has 1 N–H and O–H groups in total. The lowest BCUT2D eigenvalue weighted by atomic mass is 10.0. The predicted molar refractivity (Wildman–Crippen MR) is 61.9 cm³/mol. The molecule has 16 heavy (non-hydrogen) atoms. The Morgan fingerprint density at radius 2 is 1.88 bits per heavy atom. The molecule has 3 nitrogen and oxygen atoms in total. The molecule has 0 aliphatic rings. The third kappa shape index (κ3) is 3.50. The molecule has 0 aliphatic carbocycles. The number of carbonyl (C=O) groups is 2. The van der Waals surface area contributed by atoms with Gasteiger partial charge in [-0.1, -0.05) is 31.9 Å². The molecule has 0 radical (unpaired) electrons. The minimum absolute atomic E-state index is 0.0246. The summed E-state index contributed by atoms with van der Waals surface area (Å²) in [6.45, 7) is 2.08. The van der Waals surface area contributed by atoms with E-state index in [1.54, 1.807) is 12.1 Å². The summed E-state index contributed by atoms with van der Waals surface area (Å²) in [7, 11) is 0. The highest BCUT2D eigenvalue weighted by Crippen LogP contribution is 2.10. The van der Waals surface area contributed by atoms with E-state index in [0.717, 1.165) is 19.3 Å². The molecule has 0 amide bonds. The second kappa shape index (κ2) is 6.05. The Hall–Kier alpha value is -1.64. The number of aromatic carboxylic acids is 1. The average molecular weight is 220 g/mol. The molecule has 0 spiro atoms. The van der Waals surface area contributed by atoms with Gasteiger partial charge < -0.3 is 5.11 Å². The van der Waals surface area contributed by atoms with Crippen molar-refractivity contribution >= 4 is 11.8 Å². The number of ketones is 1. The molecule has 0 bridgehead atoms. The fraction of sp³-hybridized carbons (Fsp3) is 0.385. The SMILES string of the molecule is CCCCCC(=O)c1cccc(C(=O)O)c1. The third-order valence-corrected chi connectivity index (χ3v) is 2.44. The van der Waals surface area contributed by atoms with Crippen molar-refractivity contribution in [1.29, 1.82) is 0 Å². The normalized spacial score (nSPS) is 10.1. The summed E-state index contributed by atoms with van der Waals surface area (Å²) in [4.78, 5) is 22.4. The van der Waals surface area contributed by atoms with E-state index >= 15 is 0 Å². The molecular formula is C13H16O3. The first-order valence-corrected chi connectivity index (χ1v) is 5.51.